The third-order valence-corrected chi connectivity index (χ3v) is 5.38. The molecule has 0 bridgehead atoms. The SMILES string of the molecule is CN=C(NCc1ccccc1OCC1CC1)NC1CCN(c2ncccc2F)C1. The van der Waals surface area contributed by atoms with Gasteiger partial charge in [-0.1, -0.05) is 18.2 Å². The van der Waals surface area contributed by atoms with Gasteiger partial charge in [0.15, 0.2) is 17.6 Å². The van der Waals surface area contributed by atoms with Gasteiger partial charge in [-0.25, -0.2) is 9.37 Å². The monoisotopic (exact) mass is 397 g/mol. The van der Waals surface area contributed by atoms with Crippen LogP contribution in [0.1, 0.15) is 24.8 Å². The van der Waals surface area contributed by atoms with E-state index in [9.17, 15) is 4.39 Å². The number of hydrogen-bond acceptors (Lipinski definition) is 4. The molecule has 1 saturated carbocycles. The zero-order valence-corrected chi connectivity index (χ0v) is 16.8. The summed E-state index contributed by atoms with van der Waals surface area (Å²) in [5, 5.41) is 6.81. The van der Waals surface area contributed by atoms with E-state index in [1.807, 2.05) is 23.1 Å². The Morgan fingerprint density at radius 3 is 2.90 bits per heavy atom. The summed E-state index contributed by atoms with van der Waals surface area (Å²) in [5.41, 5.74) is 1.11. The summed E-state index contributed by atoms with van der Waals surface area (Å²) in [7, 11) is 1.76. The third-order valence-electron chi connectivity index (χ3n) is 5.38. The van der Waals surface area contributed by atoms with E-state index in [0.717, 1.165) is 42.8 Å². The number of para-hydroxylation sites is 1. The molecular formula is C22H28FN5O. The Labute approximate surface area is 171 Å². The molecule has 154 valence electrons. The van der Waals surface area contributed by atoms with Crippen molar-refractivity contribution in [3.63, 3.8) is 0 Å². The Bertz CT molecular complexity index is 855. The van der Waals surface area contributed by atoms with Gasteiger partial charge >= 0.3 is 0 Å². The zero-order valence-electron chi connectivity index (χ0n) is 16.8. The molecule has 29 heavy (non-hydrogen) atoms. The van der Waals surface area contributed by atoms with E-state index in [4.69, 9.17) is 4.74 Å². The van der Waals surface area contributed by atoms with Crippen molar-refractivity contribution in [2.45, 2.75) is 31.8 Å². The van der Waals surface area contributed by atoms with E-state index in [0.29, 0.717) is 18.9 Å². The van der Waals surface area contributed by atoms with Crippen LogP contribution in [0, 0.1) is 11.7 Å². The van der Waals surface area contributed by atoms with Crippen LogP contribution in [0.3, 0.4) is 0 Å². The molecule has 4 rings (SSSR count). The van der Waals surface area contributed by atoms with Crippen LogP contribution in [0.15, 0.2) is 47.6 Å². The summed E-state index contributed by atoms with van der Waals surface area (Å²) >= 11 is 0. The van der Waals surface area contributed by atoms with Crippen molar-refractivity contribution in [2.24, 2.45) is 10.9 Å². The van der Waals surface area contributed by atoms with Crippen molar-refractivity contribution in [2.75, 3.05) is 31.6 Å². The van der Waals surface area contributed by atoms with Crippen LogP contribution >= 0.6 is 0 Å². The molecule has 2 fully saturated rings. The summed E-state index contributed by atoms with van der Waals surface area (Å²) in [4.78, 5) is 10.5. The lowest BCUT2D eigenvalue weighted by molar-refractivity contribution is 0.296. The fourth-order valence-corrected chi connectivity index (χ4v) is 3.53. The number of anilines is 1. The first kappa shape index (κ1) is 19.5. The van der Waals surface area contributed by atoms with Crippen LogP contribution < -0.4 is 20.3 Å². The van der Waals surface area contributed by atoms with E-state index in [2.05, 4.69) is 26.7 Å². The Balaban J connectivity index is 1.30. The molecular weight excluding hydrogens is 369 g/mol. The van der Waals surface area contributed by atoms with Crippen molar-refractivity contribution in [3.8, 4) is 5.75 Å². The molecule has 6 nitrogen and oxygen atoms in total. The standard InChI is InChI=1S/C22H28FN5O/c1-24-22(26-13-17-5-2-3-7-20(17)29-15-16-8-9-16)27-18-10-12-28(14-18)21-19(23)6-4-11-25-21/h2-7,11,16,18H,8-10,12-15H2,1H3,(H2,24,26,27). The quantitative estimate of drug-likeness (QED) is 0.556. The van der Waals surface area contributed by atoms with E-state index < -0.39 is 0 Å². The number of benzene rings is 1. The minimum Gasteiger partial charge on any atom is -0.493 e. The van der Waals surface area contributed by atoms with Crippen LogP contribution in [0.5, 0.6) is 5.75 Å². The summed E-state index contributed by atoms with van der Waals surface area (Å²) in [6.45, 7) is 2.88. The lowest BCUT2D eigenvalue weighted by Gasteiger charge is -2.20. The molecule has 1 aromatic heterocycles. The van der Waals surface area contributed by atoms with Gasteiger partial charge in [-0.15, -0.1) is 0 Å². The van der Waals surface area contributed by atoms with Gasteiger partial charge < -0.3 is 20.3 Å². The van der Waals surface area contributed by atoms with E-state index in [1.165, 1.54) is 18.9 Å². The molecule has 0 radical (unpaired) electrons. The Hall–Kier alpha value is -2.83. The third kappa shape index (κ3) is 5.16. The van der Waals surface area contributed by atoms with Gasteiger partial charge in [-0.05, 0) is 43.4 Å². The predicted octanol–water partition coefficient (Wildman–Crippen LogP) is 2.95. The van der Waals surface area contributed by atoms with Gasteiger partial charge in [0, 0.05) is 44.5 Å². The highest BCUT2D eigenvalue weighted by atomic mass is 19.1. The molecule has 1 unspecified atom stereocenters. The summed E-state index contributed by atoms with van der Waals surface area (Å²) in [6, 6.07) is 11.4. The molecule has 1 aliphatic carbocycles. The number of aliphatic imine (C=N–C) groups is 1. The maximum Gasteiger partial charge on any atom is 0.191 e. The van der Waals surface area contributed by atoms with Crippen LogP contribution in [0.25, 0.3) is 0 Å². The molecule has 2 aromatic rings. The minimum atomic E-state index is -0.279. The molecule has 1 atom stereocenters. The fraction of sp³-hybridized carbons (Fsp3) is 0.455. The number of pyridine rings is 1. The van der Waals surface area contributed by atoms with Gasteiger partial charge in [0.25, 0.3) is 0 Å². The second kappa shape index (κ2) is 9.11. The molecule has 2 heterocycles. The molecule has 2 N–H and O–H groups in total. The fourth-order valence-electron chi connectivity index (χ4n) is 3.53. The number of aromatic nitrogens is 1. The van der Waals surface area contributed by atoms with Crippen molar-refractivity contribution < 1.29 is 9.13 Å². The molecule has 2 aliphatic rings. The summed E-state index contributed by atoms with van der Waals surface area (Å²) in [5.74, 6) is 2.52. The number of halogens is 1. The van der Waals surface area contributed by atoms with Crippen LogP contribution in [-0.2, 0) is 6.54 Å². The average Bonchev–Trinajstić information content (AvgIpc) is 3.47. The van der Waals surface area contributed by atoms with Crippen molar-refractivity contribution in [1.82, 2.24) is 15.6 Å². The highest BCUT2D eigenvalue weighted by molar-refractivity contribution is 5.80. The average molecular weight is 397 g/mol. The first-order valence-corrected chi connectivity index (χ1v) is 10.3. The summed E-state index contributed by atoms with van der Waals surface area (Å²) < 4.78 is 20.0. The first-order valence-electron chi connectivity index (χ1n) is 10.3. The zero-order chi connectivity index (χ0) is 20.1. The van der Waals surface area contributed by atoms with E-state index in [1.54, 1.807) is 19.3 Å². The minimum absolute atomic E-state index is 0.184. The lowest BCUT2D eigenvalue weighted by atomic mass is 10.2. The second-order valence-electron chi connectivity index (χ2n) is 7.67. The molecule has 1 aromatic carbocycles. The topological polar surface area (TPSA) is 61.8 Å². The van der Waals surface area contributed by atoms with Crippen LogP contribution in [-0.4, -0.2) is 43.7 Å². The normalized spacial score (nSPS) is 19.3. The van der Waals surface area contributed by atoms with Crippen LogP contribution in [0.4, 0.5) is 10.2 Å². The van der Waals surface area contributed by atoms with Gasteiger partial charge in [0.2, 0.25) is 0 Å². The van der Waals surface area contributed by atoms with Gasteiger partial charge in [0.1, 0.15) is 5.75 Å². The number of guanidine groups is 1. The molecule has 0 spiro atoms. The number of ether oxygens (including phenoxy) is 1. The van der Waals surface area contributed by atoms with Crippen molar-refractivity contribution in [3.05, 3.63) is 54.0 Å². The highest BCUT2D eigenvalue weighted by Gasteiger charge is 2.26. The van der Waals surface area contributed by atoms with Gasteiger partial charge in [-0.2, -0.15) is 0 Å². The van der Waals surface area contributed by atoms with Gasteiger partial charge in [-0.3, -0.25) is 4.99 Å². The Morgan fingerprint density at radius 1 is 1.24 bits per heavy atom. The Morgan fingerprint density at radius 2 is 2.10 bits per heavy atom. The lowest BCUT2D eigenvalue weighted by Crippen LogP contribution is -2.44. The summed E-state index contributed by atoms with van der Waals surface area (Å²) in [6.07, 6.45) is 5.08. The smallest absolute Gasteiger partial charge is 0.191 e. The molecule has 1 aliphatic heterocycles. The van der Waals surface area contributed by atoms with Crippen molar-refractivity contribution in [1.29, 1.82) is 0 Å². The second-order valence-corrected chi connectivity index (χ2v) is 7.67. The van der Waals surface area contributed by atoms with E-state index >= 15 is 0 Å². The molecule has 7 heteroatoms. The van der Waals surface area contributed by atoms with E-state index in [-0.39, 0.29) is 11.9 Å². The first-order chi connectivity index (χ1) is 14.2. The van der Waals surface area contributed by atoms with Gasteiger partial charge in [0.05, 0.1) is 6.61 Å². The number of nitrogens with one attached hydrogen (secondary N) is 2. The molecule has 1 saturated heterocycles. The Kier molecular flexibility index (Phi) is 6.12. The number of nitrogens with zero attached hydrogens (tertiary/aromatic N) is 3. The maximum absolute atomic E-state index is 14.0. The predicted molar refractivity (Wildman–Crippen MR) is 113 cm³/mol. The molecule has 0 amide bonds. The largest absolute Gasteiger partial charge is 0.493 e. The maximum atomic E-state index is 14.0. The highest BCUT2D eigenvalue weighted by Crippen LogP contribution is 2.30. The van der Waals surface area contributed by atoms with Crippen LogP contribution in [0.2, 0.25) is 0 Å². The number of hydrogen-bond donors (Lipinski definition) is 2. The number of rotatable bonds is 7. The van der Waals surface area contributed by atoms with Crippen molar-refractivity contribution >= 4 is 11.8 Å².